The second-order valence-corrected chi connectivity index (χ2v) is 6.25. The number of carbonyl (C=O) groups excluding carboxylic acids is 1. The van der Waals surface area contributed by atoms with Crippen molar-refractivity contribution in [2.45, 2.75) is 13.0 Å². The minimum atomic E-state index is -0.515. The molecule has 132 valence electrons. The predicted molar refractivity (Wildman–Crippen MR) is 97.9 cm³/mol. The lowest BCUT2D eigenvalue weighted by Crippen LogP contribution is -2.18. The van der Waals surface area contributed by atoms with Gasteiger partial charge in [-0.25, -0.2) is 10.5 Å². The molecule has 0 unspecified atom stereocenters. The van der Waals surface area contributed by atoms with E-state index in [9.17, 15) is 4.79 Å². The van der Waals surface area contributed by atoms with E-state index in [2.05, 4.69) is 28.8 Å². The minimum absolute atomic E-state index is 0.417. The summed E-state index contributed by atoms with van der Waals surface area (Å²) in [6, 6.07) is 13.3. The third kappa shape index (κ3) is 3.24. The summed E-state index contributed by atoms with van der Waals surface area (Å²) < 4.78 is 7.47. The molecule has 4 rings (SSSR count). The molecule has 3 aromatic rings. The van der Waals surface area contributed by atoms with Gasteiger partial charge in [0.1, 0.15) is 5.65 Å². The van der Waals surface area contributed by atoms with E-state index in [1.54, 1.807) is 17.6 Å². The normalized spacial score (nSPS) is 14.3. The Labute approximate surface area is 150 Å². The molecule has 2 aromatic heterocycles. The quantitative estimate of drug-likeness (QED) is 0.561. The summed E-state index contributed by atoms with van der Waals surface area (Å²) in [4.78, 5) is 16.3. The molecule has 1 aliphatic heterocycles. The van der Waals surface area contributed by atoms with Crippen LogP contribution in [0.4, 0.5) is 0 Å². The molecule has 0 atom stereocenters. The number of aromatic nitrogens is 2. The van der Waals surface area contributed by atoms with Crippen molar-refractivity contribution in [1.82, 2.24) is 15.0 Å². The molecule has 0 aliphatic carbocycles. The molecular formula is C20H19N3O3. The van der Waals surface area contributed by atoms with Gasteiger partial charge in [0.15, 0.2) is 0 Å². The van der Waals surface area contributed by atoms with Gasteiger partial charge in [-0.2, -0.15) is 0 Å². The number of pyridine rings is 1. The van der Waals surface area contributed by atoms with Crippen LogP contribution in [0.1, 0.15) is 28.0 Å². The molecule has 3 heterocycles. The van der Waals surface area contributed by atoms with Crippen molar-refractivity contribution in [3.05, 3.63) is 71.6 Å². The Kier molecular flexibility index (Phi) is 4.51. The predicted octanol–water partition coefficient (Wildman–Crippen LogP) is 3.01. The molecule has 1 aliphatic rings. The molecule has 0 spiro atoms. The maximum absolute atomic E-state index is 11.4. The fourth-order valence-electron chi connectivity index (χ4n) is 3.15. The molecule has 0 bridgehead atoms. The SMILES string of the molecule is O=C(NO)c1ccc(Cn2ccc3ccc(C4=CCOCC4)nc32)cc1. The van der Waals surface area contributed by atoms with Crippen LogP contribution in [0.25, 0.3) is 16.6 Å². The molecule has 6 heteroatoms. The van der Waals surface area contributed by atoms with Crippen molar-refractivity contribution in [3.8, 4) is 0 Å². The van der Waals surface area contributed by atoms with Gasteiger partial charge in [-0.05, 0) is 47.9 Å². The third-order valence-electron chi connectivity index (χ3n) is 4.57. The number of amides is 1. The Balaban J connectivity index is 1.62. The highest BCUT2D eigenvalue weighted by molar-refractivity contribution is 5.93. The molecule has 0 radical (unpaired) electrons. The Morgan fingerprint density at radius 3 is 2.77 bits per heavy atom. The number of nitrogens with one attached hydrogen (secondary N) is 1. The summed E-state index contributed by atoms with van der Waals surface area (Å²) in [5.41, 5.74) is 6.27. The zero-order valence-corrected chi connectivity index (χ0v) is 14.2. The number of ether oxygens (including phenoxy) is 1. The lowest BCUT2D eigenvalue weighted by molar-refractivity contribution is 0.0706. The fourth-order valence-corrected chi connectivity index (χ4v) is 3.15. The molecular weight excluding hydrogens is 330 g/mol. The standard InChI is InChI=1S/C20H19N3O3/c24-20(22-25)17-3-1-14(2-4-17)13-23-10-7-16-5-6-18(21-19(16)23)15-8-11-26-12-9-15/h1-8,10,25H,9,11-13H2,(H,22,24). The van der Waals surface area contributed by atoms with Gasteiger partial charge >= 0.3 is 0 Å². The molecule has 6 nitrogen and oxygen atoms in total. The average Bonchev–Trinajstić information content (AvgIpc) is 3.10. The first-order valence-electron chi connectivity index (χ1n) is 8.51. The number of hydrogen-bond acceptors (Lipinski definition) is 4. The van der Waals surface area contributed by atoms with E-state index in [0.717, 1.165) is 35.3 Å². The van der Waals surface area contributed by atoms with Crippen molar-refractivity contribution in [2.24, 2.45) is 0 Å². The van der Waals surface area contributed by atoms with Crippen molar-refractivity contribution in [3.63, 3.8) is 0 Å². The van der Waals surface area contributed by atoms with Crippen LogP contribution >= 0.6 is 0 Å². The highest BCUT2D eigenvalue weighted by Gasteiger charge is 2.11. The minimum Gasteiger partial charge on any atom is -0.377 e. The lowest BCUT2D eigenvalue weighted by atomic mass is 10.1. The van der Waals surface area contributed by atoms with E-state index in [1.807, 2.05) is 18.3 Å². The third-order valence-corrected chi connectivity index (χ3v) is 4.57. The van der Waals surface area contributed by atoms with Gasteiger partial charge in [0, 0.05) is 23.7 Å². The van der Waals surface area contributed by atoms with Gasteiger partial charge in [-0.15, -0.1) is 0 Å². The zero-order chi connectivity index (χ0) is 17.9. The van der Waals surface area contributed by atoms with Crippen LogP contribution in [0.2, 0.25) is 0 Å². The van der Waals surface area contributed by atoms with Crippen molar-refractivity contribution in [1.29, 1.82) is 0 Å². The Morgan fingerprint density at radius 1 is 1.19 bits per heavy atom. The van der Waals surface area contributed by atoms with Gasteiger partial charge in [-0.1, -0.05) is 18.2 Å². The largest absolute Gasteiger partial charge is 0.377 e. The Hall–Kier alpha value is -2.96. The van der Waals surface area contributed by atoms with Gasteiger partial charge in [0.2, 0.25) is 0 Å². The highest BCUT2D eigenvalue weighted by Crippen LogP contribution is 2.23. The van der Waals surface area contributed by atoms with E-state index in [-0.39, 0.29) is 0 Å². The number of rotatable bonds is 4. The second-order valence-electron chi connectivity index (χ2n) is 6.25. The Bertz CT molecular complexity index is 974. The number of carbonyl (C=O) groups is 1. The molecule has 1 amide bonds. The van der Waals surface area contributed by atoms with Gasteiger partial charge < -0.3 is 9.30 Å². The van der Waals surface area contributed by atoms with Crippen LogP contribution in [0.3, 0.4) is 0 Å². The Morgan fingerprint density at radius 2 is 2.04 bits per heavy atom. The molecule has 26 heavy (non-hydrogen) atoms. The summed E-state index contributed by atoms with van der Waals surface area (Å²) >= 11 is 0. The monoisotopic (exact) mass is 349 g/mol. The van der Waals surface area contributed by atoms with Gasteiger partial charge in [-0.3, -0.25) is 10.0 Å². The van der Waals surface area contributed by atoms with E-state index in [0.29, 0.717) is 18.7 Å². The first kappa shape index (κ1) is 16.5. The topological polar surface area (TPSA) is 76.4 Å². The lowest BCUT2D eigenvalue weighted by Gasteiger charge is -2.13. The summed E-state index contributed by atoms with van der Waals surface area (Å²) in [6.07, 6.45) is 5.00. The van der Waals surface area contributed by atoms with Crippen molar-refractivity contribution >= 4 is 22.5 Å². The number of hydrogen-bond donors (Lipinski definition) is 2. The van der Waals surface area contributed by atoms with E-state index < -0.39 is 5.91 Å². The summed E-state index contributed by atoms with van der Waals surface area (Å²) in [5, 5.41) is 9.79. The van der Waals surface area contributed by atoms with Crippen LogP contribution < -0.4 is 5.48 Å². The molecule has 0 saturated carbocycles. The van der Waals surface area contributed by atoms with E-state index in [1.165, 1.54) is 5.57 Å². The summed E-state index contributed by atoms with van der Waals surface area (Å²) in [6.45, 7) is 2.04. The first-order chi connectivity index (χ1) is 12.7. The average molecular weight is 349 g/mol. The molecule has 1 aromatic carbocycles. The van der Waals surface area contributed by atoms with Crippen LogP contribution in [0, 0.1) is 0 Å². The molecule has 0 fully saturated rings. The van der Waals surface area contributed by atoms with E-state index >= 15 is 0 Å². The van der Waals surface area contributed by atoms with Crippen molar-refractivity contribution < 1.29 is 14.7 Å². The van der Waals surface area contributed by atoms with Crippen LogP contribution in [-0.4, -0.2) is 33.9 Å². The van der Waals surface area contributed by atoms with Crippen LogP contribution in [0.15, 0.2) is 54.7 Å². The second kappa shape index (κ2) is 7.11. The number of benzene rings is 1. The smallest absolute Gasteiger partial charge is 0.274 e. The van der Waals surface area contributed by atoms with E-state index in [4.69, 9.17) is 14.9 Å². The van der Waals surface area contributed by atoms with Gasteiger partial charge in [0.05, 0.1) is 18.9 Å². The molecule has 2 N–H and O–H groups in total. The van der Waals surface area contributed by atoms with Crippen LogP contribution in [-0.2, 0) is 11.3 Å². The number of fused-ring (bicyclic) bond motifs is 1. The number of hydroxylamine groups is 1. The molecule has 0 saturated heterocycles. The number of nitrogens with zero attached hydrogens (tertiary/aromatic N) is 2. The zero-order valence-electron chi connectivity index (χ0n) is 14.2. The van der Waals surface area contributed by atoms with Gasteiger partial charge in [0.25, 0.3) is 5.91 Å². The fraction of sp³-hybridized carbons (Fsp3) is 0.200. The first-order valence-corrected chi connectivity index (χ1v) is 8.51. The van der Waals surface area contributed by atoms with Crippen molar-refractivity contribution in [2.75, 3.05) is 13.2 Å². The summed E-state index contributed by atoms with van der Waals surface area (Å²) in [7, 11) is 0. The van der Waals surface area contributed by atoms with Crippen LogP contribution in [0.5, 0.6) is 0 Å². The maximum atomic E-state index is 11.4. The summed E-state index contributed by atoms with van der Waals surface area (Å²) in [5.74, 6) is -0.515. The highest BCUT2D eigenvalue weighted by atomic mass is 16.5. The maximum Gasteiger partial charge on any atom is 0.274 e.